The van der Waals surface area contributed by atoms with Gasteiger partial charge in [-0.25, -0.2) is 9.59 Å². The number of hydrogen-bond donors (Lipinski definition) is 0. The van der Waals surface area contributed by atoms with Crippen molar-refractivity contribution in [1.29, 1.82) is 0 Å². The van der Waals surface area contributed by atoms with Gasteiger partial charge in [-0.15, -0.1) is 0 Å². The molecule has 4 nitrogen and oxygen atoms in total. The van der Waals surface area contributed by atoms with Gasteiger partial charge in [0.2, 0.25) is 0 Å². The van der Waals surface area contributed by atoms with Gasteiger partial charge in [-0.1, -0.05) is 0 Å². The van der Waals surface area contributed by atoms with Crippen LogP contribution in [-0.4, -0.2) is 49.4 Å². The summed E-state index contributed by atoms with van der Waals surface area (Å²) in [6.07, 6.45) is -15.2. The molecule has 0 aromatic heterocycles. The maximum atomic E-state index is 13.7. The number of rotatable bonds is 7. The highest BCUT2D eigenvalue weighted by atomic mass is 19.4. The molecule has 0 spiro atoms. The monoisotopic (exact) mass is 434 g/mol. The lowest BCUT2D eigenvalue weighted by Crippen LogP contribution is -2.46. The molecule has 0 radical (unpaired) electrons. The van der Waals surface area contributed by atoms with Crippen molar-refractivity contribution >= 4 is 11.9 Å². The molecule has 28 heavy (non-hydrogen) atoms. The van der Waals surface area contributed by atoms with Gasteiger partial charge in [-0.2, -0.15) is 43.9 Å². The zero-order chi connectivity index (χ0) is 22.6. The van der Waals surface area contributed by atoms with Gasteiger partial charge >= 0.3 is 36.1 Å². The molecule has 0 heterocycles. The number of carbonyl (C=O) groups is 2. The van der Waals surface area contributed by atoms with Crippen molar-refractivity contribution in [3.63, 3.8) is 0 Å². The second-order valence-electron chi connectivity index (χ2n) is 4.76. The number of alkyl halides is 10. The zero-order valence-corrected chi connectivity index (χ0v) is 14.0. The van der Waals surface area contributed by atoms with E-state index in [0.717, 1.165) is 13.8 Å². The summed E-state index contributed by atoms with van der Waals surface area (Å²) < 4.78 is 139. The van der Waals surface area contributed by atoms with Crippen LogP contribution in [0.2, 0.25) is 0 Å². The van der Waals surface area contributed by atoms with Gasteiger partial charge in [0, 0.05) is 23.3 Å². The van der Waals surface area contributed by atoms with Crippen LogP contribution >= 0.6 is 0 Å². The second-order valence-corrected chi connectivity index (χ2v) is 4.76. The normalized spacial score (nSPS) is 14.7. The van der Waals surface area contributed by atoms with Crippen molar-refractivity contribution in [1.82, 2.24) is 0 Å². The van der Waals surface area contributed by atoms with E-state index in [2.05, 4.69) is 9.47 Å². The number of allylic oxidation sites excluding steroid dienone is 2. The molecule has 0 saturated heterocycles. The minimum Gasteiger partial charge on any atom is -0.463 e. The van der Waals surface area contributed by atoms with Gasteiger partial charge in [0.05, 0.1) is 13.2 Å². The smallest absolute Gasteiger partial charge is 0.458 e. The van der Waals surface area contributed by atoms with Crippen LogP contribution in [0.3, 0.4) is 0 Å². The minimum atomic E-state index is -6.69. The maximum Gasteiger partial charge on any atom is 0.458 e. The fourth-order valence-corrected chi connectivity index (χ4v) is 1.58. The van der Waals surface area contributed by atoms with Gasteiger partial charge in [-0.3, -0.25) is 0 Å². The quantitative estimate of drug-likeness (QED) is 0.259. The van der Waals surface area contributed by atoms with E-state index in [1.54, 1.807) is 0 Å². The first-order valence-electron chi connectivity index (χ1n) is 7.10. The van der Waals surface area contributed by atoms with Crippen molar-refractivity contribution in [2.45, 2.75) is 38.0 Å². The van der Waals surface area contributed by atoms with Crippen molar-refractivity contribution in [3.05, 3.63) is 23.3 Å². The summed E-state index contributed by atoms with van der Waals surface area (Å²) in [4.78, 5) is 22.5. The average Bonchev–Trinajstić information content (AvgIpc) is 2.48. The van der Waals surface area contributed by atoms with Crippen LogP contribution in [0.15, 0.2) is 23.3 Å². The van der Waals surface area contributed by atoms with Crippen molar-refractivity contribution in [2.24, 2.45) is 0 Å². The number of ether oxygens (including phenoxy) is 2. The Morgan fingerprint density at radius 1 is 0.643 bits per heavy atom. The molecular formula is C14H12F10O4. The molecular weight excluding hydrogens is 422 g/mol. The Morgan fingerprint density at radius 2 is 0.893 bits per heavy atom. The van der Waals surface area contributed by atoms with Crippen molar-refractivity contribution < 1.29 is 63.0 Å². The molecule has 0 atom stereocenters. The molecule has 0 bridgehead atoms. The summed E-state index contributed by atoms with van der Waals surface area (Å²) in [7, 11) is 0. The first-order chi connectivity index (χ1) is 12.4. The van der Waals surface area contributed by atoms with Gasteiger partial charge in [0.1, 0.15) is 0 Å². The van der Waals surface area contributed by atoms with E-state index < -0.39 is 72.6 Å². The molecule has 0 aliphatic heterocycles. The molecule has 0 N–H and O–H groups in total. The Kier molecular flexibility index (Phi) is 8.10. The van der Waals surface area contributed by atoms with Gasteiger partial charge < -0.3 is 9.47 Å². The van der Waals surface area contributed by atoms with E-state index in [0.29, 0.717) is 0 Å². The zero-order valence-electron chi connectivity index (χ0n) is 14.0. The summed E-state index contributed by atoms with van der Waals surface area (Å²) in [5.74, 6) is -16.9. The average molecular weight is 434 g/mol. The molecule has 0 aromatic carbocycles. The predicted octanol–water partition coefficient (Wildman–Crippen LogP) is 4.36. The first-order valence-corrected chi connectivity index (χ1v) is 7.10. The van der Waals surface area contributed by atoms with Crippen LogP contribution in [0.25, 0.3) is 0 Å². The maximum absolute atomic E-state index is 13.7. The third-order valence-corrected chi connectivity index (χ3v) is 2.78. The minimum absolute atomic E-state index is 0.632. The molecule has 14 heteroatoms. The molecule has 0 aromatic rings. The van der Waals surface area contributed by atoms with E-state index in [1.165, 1.54) is 0 Å². The molecule has 0 amide bonds. The van der Waals surface area contributed by atoms with Crippen molar-refractivity contribution in [2.75, 3.05) is 13.2 Å². The Morgan fingerprint density at radius 3 is 1.07 bits per heavy atom. The van der Waals surface area contributed by atoms with Crippen LogP contribution in [0.1, 0.15) is 13.8 Å². The summed E-state index contributed by atoms with van der Waals surface area (Å²) in [5, 5.41) is 0. The number of carbonyl (C=O) groups excluding carboxylic acids is 2. The van der Waals surface area contributed by atoms with Gasteiger partial charge in [0.25, 0.3) is 0 Å². The highest BCUT2D eigenvalue weighted by molar-refractivity contribution is 5.88. The molecule has 0 unspecified atom stereocenters. The fourth-order valence-electron chi connectivity index (χ4n) is 1.58. The van der Waals surface area contributed by atoms with Crippen LogP contribution in [0.4, 0.5) is 43.9 Å². The molecule has 0 aliphatic rings. The third kappa shape index (κ3) is 5.86. The Hall–Kier alpha value is -2.28. The third-order valence-electron chi connectivity index (χ3n) is 2.78. The van der Waals surface area contributed by atoms with Crippen LogP contribution < -0.4 is 0 Å². The highest BCUT2D eigenvalue weighted by Gasteiger charge is 2.68. The SMILES string of the molecule is CCOC(=O)/C=C(\C(=C/C(=O)OCC)C(F)(F)C(F)(F)F)C(F)(F)C(F)(F)F. The Labute approximate surface area is 150 Å². The first kappa shape index (κ1) is 25.7. The lowest BCUT2D eigenvalue weighted by Gasteiger charge is -2.29. The molecule has 0 saturated carbocycles. The lowest BCUT2D eigenvalue weighted by atomic mass is 9.92. The number of halogens is 10. The Balaban J connectivity index is 6.97. The Bertz CT molecular complexity index is 587. The summed E-state index contributed by atoms with van der Waals surface area (Å²) in [6, 6.07) is 0. The van der Waals surface area contributed by atoms with Crippen molar-refractivity contribution in [3.8, 4) is 0 Å². The van der Waals surface area contributed by atoms with E-state index >= 15 is 0 Å². The van der Waals surface area contributed by atoms with Gasteiger partial charge in [-0.05, 0) is 13.8 Å². The fraction of sp³-hybridized carbons (Fsp3) is 0.571. The topological polar surface area (TPSA) is 52.6 Å². The number of hydrogen-bond acceptors (Lipinski definition) is 4. The van der Waals surface area contributed by atoms with E-state index in [9.17, 15) is 53.5 Å². The summed E-state index contributed by atoms with van der Waals surface area (Å²) in [5.41, 5.74) is -6.23. The number of esters is 2. The van der Waals surface area contributed by atoms with Crippen LogP contribution in [0, 0.1) is 0 Å². The highest BCUT2D eigenvalue weighted by Crippen LogP contribution is 2.51. The predicted molar refractivity (Wildman–Crippen MR) is 71.4 cm³/mol. The second kappa shape index (κ2) is 8.82. The standard InChI is InChI=1S/C14H12F10O4/c1-3-27-9(25)5-7(11(15,16)13(19,20)21)8(6-10(26)28-4-2)12(17,18)14(22,23)24/h5-6H,3-4H2,1-2H3/b7-5+,8-6+. The van der Waals surface area contributed by atoms with Crippen LogP contribution in [0.5, 0.6) is 0 Å². The van der Waals surface area contributed by atoms with E-state index in [1.807, 2.05) is 0 Å². The largest absolute Gasteiger partial charge is 0.463 e. The van der Waals surface area contributed by atoms with Crippen LogP contribution in [-0.2, 0) is 19.1 Å². The van der Waals surface area contributed by atoms with E-state index in [4.69, 9.17) is 0 Å². The molecule has 0 fully saturated rings. The molecule has 0 rings (SSSR count). The van der Waals surface area contributed by atoms with E-state index in [-0.39, 0.29) is 0 Å². The molecule has 0 aliphatic carbocycles. The summed E-state index contributed by atoms with van der Waals surface area (Å²) in [6.45, 7) is 0.833. The summed E-state index contributed by atoms with van der Waals surface area (Å²) >= 11 is 0. The lowest BCUT2D eigenvalue weighted by molar-refractivity contribution is -0.276. The molecule has 162 valence electrons. The van der Waals surface area contributed by atoms with Gasteiger partial charge in [0.15, 0.2) is 0 Å².